The summed E-state index contributed by atoms with van der Waals surface area (Å²) in [5.74, 6) is 2.48. The maximum Gasteiger partial charge on any atom is 0.0785 e. The van der Waals surface area contributed by atoms with E-state index in [0.29, 0.717) is 0 Å². The zero-order valence-corrected chi connectivity index (χ0v) is 8.22. The molecule has 0 saturated heterocycles. The zero-order chi connectivity index (χ0) is 10.6. The van der Waals surface area contributed by atoms with Crippen LogP contribution in [0, 0.1) is 18.3 Å². The van der Waals surface area contributed by atoms with Crippen molar-refractivity contribution in [2.24, 2.45) is 11.7 Å². The molecule has 0 bridgehead atoms. The summed E-state index contributed by atoms with van der Waals surface area (Å²) in [6.07, 6.45) is 14.0. The topological polar surface area (TPSA) is 46.2 Å². The number of allylic oxidation sites excluding steroid dienone is 4. The summed E-state index contributed by atoms with van der Waals surface area (Å²) in [5.41, 5.74) is 6.42. The number of terminal acetylenes is 1. The molecule has 0 saturated carbocycles. The molecule has 1 aliphatic carbocycles. The minimum Gasteiger partial charge on any atom is -0.391 e. The standard InChI is InChI=1S/C12H15NO/c1-3-10-5-4-6-11(8-7-10)12(14)9(2)13/h1,4-9,11-12,14H,13H2,2H3/t9-,11+,12?/m0/s1. The second kappa shape index (κ2) is 4.80. The highest BCUT2D eigenvalue weighted by Crippen LogP contribution is 2.15. The van der Waals surface area contributed by atoms with Gasteiger partial charge in [0, 0.05) is 17.5 Å². The highest BCUT2D eigenvalue weighted by molar-refractivity contribution is 5.41. The van der Waals surface area contributed by atoms with Crippen LogP contribution in [0.25, 0.3) is 0 Å². The zero-order valence-electron chi connectivity index (χ0n) is 8.22. The molecule has 1 aliphatic rings. The normalized spacial score (nSPS) is 24.7. The van der Waals surface area contributed by atoms with Gasteiger partial charge in [0.25, 0.3) is 0 Å². The Hall–Kier alpha value is -1.30. The molecule has 3 atom stereocenters. The van der Waals surface area contributed by atoms with E-state index in [1.54, 1.807) is 6.92 Å². The average Bonchev–Trinajstić information content (AvgIpc) is 2.41. The molecule has 3 N–H and O–H groups in total. The van der Waals surface area contributed by atoms with E-state index in [4.69, 9.17) is 12.2 Å². The summed E-state index contributed by atoms with van der Waals surface area (Å²) in [4.78, 5) is 0. The third-order valence-electron chi connectivity index (χ3n) is 2.21. The van der Waals surface area contributed by atoms with Crippen LogP contribution in [0.2, 0.25) is 0 Å². The van der Waals surface area contributed by atoms with Crippen molar-refractivity contribution in [1.82, 2.24) is 0 Å². The minimum atomic E-state index is -0.562. The Morgan fingerprint density at radius 1 is 1.57 bits per heavy atom. The molecular weight excluding hydrogens is 174 g/mol. The van der Waals surface area contributed by atoms with Gasteiger partial charge in [-0.25, -0.2) is 0 Å². The lowest BCUT2D eigenvalue weighted by Gasteiger charge is -2.19. The van der Waals surface area contributed by atoms with Crippen molar-refractivity contribution in [3.8, 4) is 12.3 Å². The van der Waals surface area contributed by atoms with Crippen molar-refractivity contribution < 1.29 is 5.11 Å². The maximum absolute atomic E-state index is 9.73. The molecule has 0 heterocycles. The third-order valence-corrected chi connectivity index (χ3v) is 2.21. The van der Waals surface area contributed by atoms with Crippen LogP contribution in [-0.4, -0.2) is 17.3 Å². The first kappa shape index (κ1) is 10.8. The number of rotatable bonds is 2. The van der Waals surface area contributed by atoms with Crippen molar-refractivity contribution in [3.63, 3.8) is 0 Å². The summed E-state index contributed by atoms with van der Waals surface area (Å²) < 4.78 is 0. The fourth-order valence-corrected chi connectivity index (χ4v) is 1.30. The Balaban J connectivity index is 2.76. The highest BCUT2D eigenvalue weighted by atomic mass is 16.3. The minimum absolute atomic E-state index is 0.0582. The summed E-state index contributed by atoms with van der Waals surface area (Å²) >= 11 is 0. The van der Waals surface area contributed by atoms with Crippen molar-refractivity contribution in [2.75, 3.05) is 0 Å². The summed E-state index contributed by atoms with van der Waals surface area (Å²) in [6, 6.07) is -0.248. The van der Waals surface area contributed by atoms with Gasteiger partial charge < -0.3 is 10.8 Å². The average molecular weight is 189 g/mol. The van der Waals surface area contributed by atoms with E-state index in [9.17, 15) is 5.11 Å². The summed E-state index contributed by atoms with van der Waals surface area (Å²) in [5, 5.41) is 9.73. The molecular formula is C12H15NO. The van der Waals surface area contributed by atoms with E-state index in [-0.39, 0.29) is 12.0 Å². The first-order chi connectivity index (χ1) is 6.65. The van der Waals surface area contributed by atoms with Crippen molar-refractivity contribution in [2.45, 2.75) is 19.1 Å². The third kappa shape index (κ3) is 2.59. The van der Waals surface area contributed by atoms with E-state index in [2.05, 4.69) is 5.92 Å². The van der Waals surface area contributed by atoms with Crippen LogP contribution >= 0.6 is 0 Å². The van der Waals surface area contributed by atoms with Gasteiger partial charge in [-0.15, -0.1) is 6.42 Å². The van der Waals surface area contributed by atoms with Gasteiger partial charge in [-0.2, -0.15) is 0 Å². The summed E-state index contributed by atoms with van der Waals surface area (Å²) in [7, 11) is 0. The lowest BCUT2D eigenvalue weighted by Crippen LogP contribution is -2.36. The predicted octanol–water partition coefficient (Wildman–Crippen LogP) is 0.996. The fourth-order valence-electron chi connectivity index (χ4n) is 1.30. The molecule has 14 heavy (non-hydrogen) atoms. The van der Waals surface area contributed by atoms with E-state index < -0.39 is 6.10 Å². The van der Waals surface area contributed by atoms with Gasteiger partial charge in [-0.05, 0) is 19.1 Å². The molecule has 2 nitrogen and oxygen atoms in total. The van der Waals surface area contributed by atoms with Gasteiger partial charge in [-0.3, -0.25) is 0 Å². The quantitative estimate of drug-likeness (QED) is 0.636. The monoisotopic (exact) mass is 189 g/mol. The molecule has 74 valence electrons. The number of hydrogen-bond donors (Lipinski definition) is 2. The van der Waals surface area contributed by atoms with Crippen molar-refractivity contribution in [3.05, 3.63) is 36.0 Å². The number of aliphatic hydroxyl groups excluding tert-OH is 1. The van der Waals surface area contributed by atoms with Crippen LogP contribution in [0.4, 0.5) is 0 Å². The van der Waals surface area contributed by atoms with E-state index >= 15 is 0 Å². The molecule has 0 amide bonds. The van der Waals surface area contributed by atoms with Crippen LogP contribution in [0.5, 0.6) is 0 Å². The van der Waals surface area contributed by atoms with Gasteiger partial charge in [0.1, 0.15) is 0 Å². The molecule has 0 aromatic heterocycles. The van der Waals surface area contributed by atoms with E-state index in [0.717, 1.165) is 5.57 Å². The Morgan fingerprint density at radius 3 is 2.86 bits per heavy atom. The molecule has 0 aliphatic heterocycles. The molecule has 1 unspecified atom stereocenters. The van der Waals surface area contributed by atoms with Crippen LogP contribution in [0.1, 0.15) is 6.92 Å². The van der Waals surface area contributed by atoms with Crippen molar-refractivity contribution >= 4 is 0 Å². The maximum atomic E-state index is 9.73. The molecule has 0 aromatic rings. The second-order valence-corrected chi connectivity index (χ2v) is 3.44. The van der Waals surface area contributed by atoms with Crippen LogP contribution < -0.4 is 5.73 Å². The second-order valence-electron chi connectivity index (χ2n) is 3.44. The molecule has 0 fully saturated rings. The van der Waals surface area contributed by atoms with Gasteiger partial charge in [0.15, 0.2) is 0 Å². The first-order valence-electron chi connectivity index (χ1n) is 4.62. The Labute approximate surface area is 84.8 Å². The number of nitrogens with two attached hydrogens (primary N) is 1. The smallest absolute Gasteiger partial charge is 0.0785 e. The largest absolute Gasteiger partial charge is 0.391 e. The van der Waals surface area contributed by atoms with Crippen molar-refractivity contribution in [1.29, 1.82) is 0 Å². The van der Waals surface area contributed by atoms with Gasteiger partial charge in [-0.1, -0.05) is 24.1 Å². The molecule has 1 rings (SSSR count). The van der Waals surface area contributed by atoms with E-state index in [1.807, 2.05) is 30.4 Å². The number of aliphatic hydroxyl groups is 1. The first-order valence-corrected chi connectivity index (χ1v) is 4.62. The van der Waals surface area contributed by atoms with Gasteiger partial charge in [0.2, 0.25) is 0 Å². The summed E-state index contributed by atoms with van der Waals surface area (Å²) in [6.45, 7) is 1.78. The van der Waals surface area contributed by atoms with Crippen LogP contribution in [0.3, 0.4) is 0 Å². The Morgan fingerprint density at radius 2 is 2.29 bits per heavy atom. The molecule has 0 aromatic carbocycles. The predicted molar refractivity (Wildman–Crippen MR) is 58.3 cm³/mol. The lowest BCUT2D eigenvalue weighted by atomic mass is 9.97. The van der Waals surface area contributed by atoms with Crippen LogP contribution in [-0.2, 0) is 0 Å². The Kier molecular flexibility index (Phi) is 3.70. The van der Waals surface area contributed by atoms with Gasteiger partial charge in [0.05, 0.1) is 6.10 Å². The SMILES string of the molecule is C#CC1=CC=C[C@@H](C(O)[C@H](C)N)C=C1. The number of hydrogen-bond acceptors (Lipinski definition) is 2. The Bertz CT molecular complexity index is 318. The molecule has 2 heteroatoms. The fraction of sp³-hybridized carbons (Fsp3) is 0.333. The lowest BCUT2D eigenvalue weighted by molar-refractivity contribution is 0.126. The molecule has 0 spiro atoms. The molecule has 0 radical (unpaired) electrons. The van der Waals surface area contributed by atoms with Crippen LogP contribution in [0.15, 0.2) is 36.0 Å². The highest BCUT2D eigenvalue weighted by Gasteiger charge is 2.17. The van der Waals surface area contributed by atoms with Gasteiger partial charge >= 0.3 is 0 Å². The van der Waals surface area contributed by atoms with E-state index in [1.165, 1.54) is 0 Å².